The minimum Gasteiger partial charge on any atom is -0.396 e. The molecular formula is C10H15NO2. The molecule has 13 heavy (non-hydrogen) atoms. The van der Waals surface area contributed by atoms with Crippen molar-refractivity contribution in [2.45, 2.75) is 19.3 Å². The second-order valence-corrected chi connectivity index (χ2v) is 2.99. The van der Waals surface area contributed by atoms with Crippen LogP contribution in [0.1, 0.15) is 24.0 Å². The number of pyridine rings is 1. The Labute approximate surface area is 78.1 Å². The van der Waals surface area contributed by atoms with E-state index in [1.54, 1.807) is 12.4 Å². The van der Waals surface area contributed by atoms with Crippen molar-refractivity contribution < 1.29 is 10.2 Å². The third-order valence-corrected chi connectivity index (χ3v) is 2.20. The van der Waals surface area contributed by atoms with Crippen molar-refractivity contribution >= 4 is 0 Å². The van der Waals surface area contributed by atoms with Crippen molar-refractivity contribution in [3.8, 4) is 0 Å². The normalized spacial score (nSPS) is 10.8. The Hall–Kier alpha value is -0.930. The lowest BCUT2D eigenvalue weighted by molar-refractivity contribution is 0.192. The minimum absolute atomic E-state index is 0.0203. The number of aryl methyl sites for hydroxylation is 1. The number of hydrogen-bond donors (Lipinski definition) is 2. The molecule has 0 unspecified atom stereocenters. The topological polar surface area (TPSA) is 53.4 Å². The molecule has 0 fully saturated rings. The molecule has 0 amide bonds. The first-order valence-corrected chi connectivity index (χ1v) is 4.48. The van der Waals surface area contributed by atoms with E-state index in [0.29, 0.717) is 0 Å². The highest BCUT2D eigenvalue weighted by Gasteiger charge is 2.11. The van der Waals surface area contributed by atoms with Crippen LogP contribution in [0.5, 0.6) is 0 Å². The maximum absolute atomic E-state index is 9.02. The van der Waals surface area contributed by atoms with Gasteiger partial charge in [0.25, 0.3) is 0 Å². The average Bonchev–Trinajstić information content (AvgIpc) is 2.20. The highest BCUT2D eigenvalue weighted by atomic mass is 16.3. The highest BCUT2D eigenvalue weighted by Crippen LogP contribution is 2.18. The van der Waals surface area contributed by atoms with Gasteiger partial charge in [-0.25, -0.2) is 0 Å². The first-order chi connectivity index (χ1) is 6.33. The molecule has 72 valence electrons. The fourth-order valence-electron chi connectivity index (χ4n) is 1.39. The molecule has 3 nitrogen and oxygen atoms in total. The van der Waals surface area contributed by atoms with Crippen molar-refractivity contribution in [3.05, 3.63) is 29.6 Å². The van der Waals surface area contributed by atoms with Crippen LogP contribution in [0, 0.1) is 0 Å². The van der Waals surface area contributed by atoms with Crippen LogP contribution in [0.25, 0.3) is 0 Å². The van der Waals surface area contributed by atoms with Crippen molar-refractivity contribution in [2.75, 3.05) is 13.2 Å². The van der Waals surface area contributed by atoms with Crippen molar-refractivity contribution in [3.63, 3.8) is 0 Å². The number of nitrogens with zero attached hydrogens (tertiary/aromatic N) is 1. The summed E-state index contributed by atoms with van der Waals surface area (Å²) in [6.07, 6.45) is 4.35. The van der Waals surface area contributed by atoms with Crippen molar-refractivity contribution in [2.24, 2.45) is 0 Å². The average molecular weight is 181 g/mol. The van der Waals surface area contributed by atoms with Gasteiger partial charge in [-0.2, -0.15) is 0 Å². The number of hydrogen-bond acceptors (Lipinski definition) is 3. The summed E-state index contributed by atoms with van der Waals surface area (Å²) < 4.78 is 0. The van der Waals surface area contributed by atoms with Gasteiger partial charge < -0.3 is 10.2 Å². The zero-order valence-corrected chi connectivity index (χ0v) is 7.77. The summed E-state index contributed by atoms with van der Waals surface area (Å²) in [5, 5.41) is 18.0. The van der Waals surface area contributed by atoms with E-state index in [1.165, 1.54) is 0 Å². The van der Waals surface area contributed by atoms with E-state index in [0.717, 1.165) is 17.5 Å². The molecule has 0 aliphatic rings. The molecule has 0 radical (unpaired) electrons. The van der Waals surface area contributed by atoms with Gasteiger partial charge in [-0.05, 0) is 23.6 Å². The number of aromatic nitrogens is 1. The smallest absolute Gasteiger partial charge is 0.0521 e. The molecule has 0 aliphatic heterocycles. The van der Waals surface area contributed by atoms with E-state index < -0.39 is 0 Å². The van der Waals surface area contributed by atoms with Gasteiger partial charge in [-0.15, -0.1) is 0 Å². The van der Waals surface area contributed by atoms with Gasteiger partial charge in [-0.1, -0.05) is 6.92 Å². The third kappa shape index (κ3) is 2.26. The Balaban J connectivity index is 2.96. The molecule has 0 saturated carbocycles. The minimum atomic E-state index is -0.169. The summed E-state index contributed by atoms with van der Waals surface area (Å²) in [6, 6.07) is 1.86. The van der Waals surface area contributed by atoms with E-state index >= 15 is 0 Å². The second kappa shape index (κ2) is 4.94. The summed E-state index contributed by atoms with van der Waals surface area (Å²) in [6.45, 7) is 1.99. The lowest BCUT2D eigenvalue weighted by atomic mass is 9.96. The highest BCUT2D eigenvalue weighted by molar-refractivity contribution is 5.27. The number of aliphatic hydroxyl groups is 2. The number of aliphatic hydroxyl groups excluding tert-OH is 2. The second-order valence-electron chi connectivity index (χ2n) is 2.99. The fourth-order valence-corrected chi connectivity index (χ4v) is 1.39. The Morgan fingerprint density at radius 2 is 2.08 bits per heavy atom. The largest absolute Gasteiger partial charge is 0.396 e. The molecule has 0 atom stereocenters. The Morgan fingerprint density at radius 1 is 1.38 bits per heavy atom. The van der Waals surface area contributed by atoms with Crippen molar-refractivity contribution in [1.29, 1.82) is 0 Å². The summed E-state index contributed by atoms with van der Waals surface area (Å²) in [5.41, 5.74) is 2.10. The monoisotopic (exact) mass is 181 g/mol. The molecule has 1 aromatic rings. The first-order valence-electron chi connectivity index (χ1n) is 4.48. The molecule has 0 saturated heterocycles. The standard InChI is InChI=1S/C10H15NO2/c1-2-8-5-11-4-3-10(8)9(6-12)7-13/h3-5,9,12-13H,2,6-7H2,1H3. The first kappa shape index (κ1) is 10.2. The molecule has 1 aromatic heterocycles. The maximum atomic E-state index is 9.02. The van der Waals surface area contributed by atoms with Gasteiger partial charge in [0.05, 0.1) is 13.2 Å². The lowest BCUT2D eigenvalue weighted by Gasteiger charge is -2.14. The van der Waals surface area contributed by atoms with Crippen LogP contribution in [0.3, 0.4) is 0 Å². The molecule has 2 N–H and O–H groups in total. The van der Waals surface area contributed by atoms with Gasteiger partial charge in [0.2, 0.25) is 0 Å². The molecule has 3 heteroatoms. The van der Waals surface area contributed by atoms with Crippen LogP contribution in [0.4, 0.5) is 0 Å². The predicted molar refractivity (Wildman–Crippen MR) is 50.5 cm³/mol. The summed E-state index contributed by atoms with van der Waals surface area (Å²) >= 11 is 0. The van der Waals surface area contributed by atoms with E-state index in [1.807, 2.05) is 13.0 Å². The zero-order valence-electron chi connectivity index (χ0n) is 7.77. The Bertz CT molecular complexity index is 259. The van der Waals surface area contributed by atoms with E-state index in [-0.39, 0.29) is 19.1 Å². The molecule has 0 spiro atoms. The summed E-state index contributed by atoms with van der Waals surface area (Å²) in [4.78, 5) is 4.00. The van der Waals surface area contributed by atoms with Gasteiger partial charge in [-0.3, -0.25) is 4.98 Å². The van der Waals surface area contributed by atoms with Crippen LogP contribution < -0.4 is 0 Å². The molecule has 0 bridgehead atoms. The SMILES string of the molecule is CCc1cnccc1C(CO)CO. The number of rotatable bonds is 4. The molecule has 0 aromatic carbocycles. The van der Waals surface area contributed by atoms with Gasteiger partial charge >= 0.3 is 0 Å². The van der Waals surface area contributed by atoms with Gasteiger partial charge in [0, 0.05) is 18.3 Å². The third-order valence-electron chi connectivity index (χ3n) is 2.20. The molecular weight excluding hydrogens is 166 g/mol. The molecule has 1 rings (SSSR count). The van der Waals surface area contributed by atoms with Crippen LogP contribution in [-0.4, -0.2) is 28.4 Å². The zero-order chi connectivity index (χ0) is 9.68. The van der Waals surface area contributed by atoms with Gasteiger partial charge in [0.1, 0.15) is 0 Å². The van der Waals surface area contributed by atoms with Crippen LogP contribution in [-0.2, 0) is 6.42 Å². The Morgan fingerprint density at radius 3 is 2.62 bits per heavy atom. The predicted octanol–water partition coefficient (Wildman–Crippen LogP) is 0.712. The van der Waals surface area contributed by atoms with Crippen molar-refractivity contribution in [1.82, 2.24) is 4.98 Å². The van der Waals surface area contributed by atoms with E-state index in [2.05, 4.69) is 4.98 Å². The van der Waals surface area contributed by atoms with Crippen LogP contribution in [0.2, 0.25) is 0 Å². The van der Waals surface area contributed by atoms with E-state index in [9.17, 15) is 0 Å². The van der Waals surface area contributed by atoms with E-state index in [4.69, 9.17) is 10.2 Å². The van der Waals surface area contributed by atoms with Crippen LogP contribution in [0.15, 0.2) is 18.5 Å². The quantitative estimate of drug-likeness (QED) is 0.719. The summed E-state index contributed by atoms with van der Waals surface area (Å²) in [7, 11) is 0. The fraction of sp³-hybridized carbons (Fsp3) is 0.500. The Kier molecular flexibility index (Phi) is 3.86. The van der Waals surface area contributed by atoms with Gasteiger partial charge in [0.15, 0.2) is 0 Å². The molecule has 0 aliphatic carbocycles. The summed E-state index contributed by atoms with van der Waals surface area (Å²) in [5.74, 6) is -0.169. The molecule has 1 heterocycles. The maximum Gasteiger partial charge on any atom is 0.0521 e. The lowest BCUT2D eigenvalue weighted by Crippen LogP contribution is -2.11. The van der Waals surface area contributed by atoms with Crippen LogP contribution >= 0.6 is 0 Å².